The SMILES string of the molecule is COC(=O)c1ccc(N=Cc2ccc(OCC(=O)N3CCOCC3)c(Br)c2)cc1. The Morgan fingerprint density at radius 2 is 1.90 bits per heavy atom. The maximum Gasteiger partial charge on any atom is 0.337 e. The molecule has 0 N–H and O–H groups in total. The summed E-state index contributed by atoms with van der Waals surface area (Å²) in [6.45, 7) is 2.31. The number of ether oxygens (including phenoxy) is 3. The van der Waals surface area contributed by atoms with E-state index < -0.39 is 0 Å². The number of benzene rings is 2. The first-order chi connectivity index (χ1) is 14.1. The lowest BCUT2D eigenvalue weighted by atomic mass is 10.2. The summed E-state index contributed by atoms with van der Waals surface area (Å²) < 4.78 is 16.3. The molecule has 1 saturated heterocycles. The molecule has 0 bridgehead atoms. The van der Waals surface area contributed by atoms with Crippen LogP contribution in [0.15, 0.2) is 51.9 Å². The molecular weight excluding hydrogens is 440 g/mol. The fourth-order valence-corrected chi connectivity index (χ4v) is 3.22. The van der Waals surface area contributed by atoms with E-state index in [1.54, 1.807) is 41.4 Å². The molecule has 0 saturated carbocycles. The third-order valence-corrected chi connectivity index (χ3v) is 4.94. The Balaban J connectivity index is 1.58. The summed E-state index contributed by atoms with van der Waals surface area (Å²) in [6.07, 6.45) is 1.71. The number of carbonyl (C=O) groups is 2. The van der Waals surface area contributed by atoms with Crippen molar-refractivity contribution in [2.75, 3.05) is 40.0 Å². The van der Waals surface area contributed by atoms with Gasteiger partial charge < -0.3 is 19.1 Å². The van der Waals surface area contributed by atoms with Crippen LogP contribution >= 0.6 is 15.9 Å². The van der Waals surface area contributed by atoms with Gasteiger partial charge in [-0.1, -0.05) is 0 Å². The Morgan fingerprint density at radius 3 is 2.55 bits per heavy atom. The highest BCUT2D eigenvalue weighted by Gasteiger charge is 2.17. The van der Waals surface area contributed by atoms with E-state index in [9.17, 15) is 9.59 Å². The standard InChI is InChI=1S/C21H21BrN2O5/c1-27-21(26)16-3-5-17(6-4-16)23-13-15-2-7-19(18(22)12-15)29-14-20(25)24-8-10-28-11-9-24/h2-7,12-13H,8-11,14H2,1H3. The Labute approximate surface area is 177 Å². The quantitative estimate of drug-likeness (QED) is 0.488. The smallest absolute Gasteiger partial charge is 0.337 e. The average molecular weight is 461 g/mol. The first-order valence-electron chi connectivity index (χ1n) is 9.07. The fraction of sp³-hybridized carbons (Fsp3) is 0.286. The van der Waals surface area contributed by atoms with Crippen LogP contribution in [0.2, 0.25) is 0 Å². The van der Waals surface area contributed by atoms with Crippen LogP contribution in [0.3, 0.4) is 0 Å². The van der Waals surface area contributed by atoms with Crippen molar-refractivity contribution in [3.05, 3.63) is 58.1 Å². The third-order valence-electron chi connectivity index (χ3n) is 4.32. The minimum Gasteiger partial charge on any atom is -0.483 e. The highest BCUT2D eigenvalue weighted by molar-refractivity contribution is 9.10. The molecule has 1 heterocycles. The van der Waals surface area contributed by atoms with Crippen LogP contribution in [-0.4, -0.2) is 63.0 Å². The number of rotatable bonds is 6. The van der Waals surface area contributed by atoms with Crippen LogP contribution in [0.25, 0.3) is 0 Å². The normalized spacial score (nSPS) is 14.1. The van der Waals surface area contributed by atoms with E-state index in [0.29, 0.717) is 43.3 Å². The molecule has 8 heteroatoms. The van der Waals surface area contributed by atoms with Crippen LogP contribution in [0, 0.1) is 0 Å². The van der Waals surface area contributed by atoms with Gasteiger partial charge in [-0.25, -0.2) is 4.79 Å². The van der Waals surface area contributed by atoms with Crippen molar-refractivity contribution in [1.82, 2.24) is 4.90 Å². The summed E-state index contributed by atoms with van der Waals surface area (Å²) in [5.41, 5.74) is 2.05. The number of aliphatic imine (C=N–C) groups is 1. The monoisotopic (exact) mass is 460 g/mol. The Hall–Kier alpha value is -2.71. The molecule has 29 heavy (non-hydrogen) atoms. The number of nitrogens with zero attached hydrogens (tertiary/aromatic N) is 2. The molecule has 1 aliphatic rings. The minimum absolute atomic E-state index is 0.0153. The van der Waals surface area contributed by atoms with Gasteiger partial charge in [0.2, 0.25) is 0 Å². The van der Waals surface area contributed by atoms with Crippen LogP contribution in [0.4, 0.5) is 5.69 Å². The molecule has 0 radical (unpaired) electrons. The van der Waals surface area contributed by atoms with Crippen molar-refractivity contribution in [2.24, 2.45) is 4.99 Å². The number of esters is 1. The third kappa shape index (κ3) is 5.88. The molecule has 0 unspecified atom stereocenters. The second-order valence-electron chi connectivity index (χ2n) is 6.27. The van der Waals surface area contributed by atoms with E-state index in [1.165, 1.54) is 7.11 Å². The van der Waals surface area contributed by atoms with Crippen LogP contribution < -0.4 is 4.74 Å². The number of methoxy groups -OCH3 is 1. The van der Waals surface area contributed by atoms with E-state index in [2.05, 4.69) is 25.7 Å². The molecule has 2 aromatic rings. The second-order valence-corrected chi connectivity index (χ2v) is 7.12. The summed E-state index contributed by atoms with van der Waals surface area (Å²) in [7, 11) is 1.35. The van der Waals surface area contributed by atoms with E-state index in [-0.39, 0.29) is 18.5 Å². The van der Waals surface area contributed by atoms with Crippen molar-refractivity contribution >= 4 is 39.7 Å². The summed E-state index contributed by atoms with van der Waals surface area (Å²) in [6, 6.07) is 12.3. The molecule has 1 fully saturated rings. The number of hydrogen-bond donors (Lipinski definition) is 0. The van der Waals surface area contributed by atoms with Gasteiger partial charge in [-0.15, -0.1) is 0 Å². The van der Waals surface area contributed by atoms with Gasteiger partial charge in [0.15, 0.2) is 6.61 Å². The highest BCUT2D eigenvalue weighted by atomic mass is 79.9. The fourth-order valence-electron chi connectivity index (χ4n) is 2.71. The first-order valence-corrected chi connectivity index (χ1v) is 9.86. The molecule has 3 rings (SSSR count). The first kappa shape index (κ1) is 21.0. The van der Waals surface area contributed by atoms with Crippen molar-refractivity contribution in [3.8, 4) is 5.75 Å². The van der Waals surface area contributed by atoms with Gasteiger partial charge in [0.25, 0.3) is 5.91 Å². The largest absolute Gasteiger partial charge is 0.483 e. The molecule has 0 aromatic heterocycles. The molecule has 7 nitrogen and oxygen atoms in total. The molecule has 152 valence electrons. The zero-order chi connectivity index (χ0) is 20.6. The van der Waals surface area contributed by atoms with Gasteiger partial charge in [-0.3, -0.25) is 9.79 Å². The number of morpholine rings is 1. The van der Waals surface area contributed by atoms with Crippen LogP contribution in [0.5, 0.6) is 5.75 Å². The highest BCUT2D eigenvalue weighted by Crippen LogP contribution is 2.26. The summed E-state index contributed by atoms with van der Waals surface area (Å²) >= 11 is 3.47. The molecule has 0 spiro atoms. The lowest BCUT2D eigenvalue weighted by molar-refractivity contribution is -0.137. The number of amides is 1. The summed E-state index contributed by atoms with van der Waals surface area (Å²) in [5.74, 6) is 0.152. The number of carbonyl (C=O) groups excluding carboxylic acids is 2. The summed E-state index contributed by atoms with van der Waals surface area (Å²) in [4.78, 5) is 29.8. The van der Waals surface area contributed by atoms with Crippen molar-refractivity contribution in [3.63, 3.8) is 0 Å². The second kappa shape index (κ2) is 10.2. The average Bonchev–Trinajstić information content (AvgIpc) is 2.77. The van der Waals surface area contributed by atoms with Gasteiger partial charge >= 0.3 is 5.97 Å². The van der Waals surface area contributed by atoms with Crippen LogP contribution in [-0.2, 0) is 14.3 Å². The predicted octanol–water partition coefficient (Wildman–Crippen LogP) is 3.22. The Kier molecular flexibility index (Phi) is 7.37. The van der Waals surface area contributed by atoms with Gasteiger partial charge in [-0.2, -0.15) is 0 Å². The lowest BCUT2D eigenvalue weighted by Gasteiger charge is -2.26. The van der Waals surface area contributed by atoms with E-state index in [4.69, 9.17) is 9.47 Å². The number of hydrogen-bond acceptors (Lipinski definition) is 6. The van der Waals surface area contributed by atoms with Gasteiger partial charge in [-0.05, 0) is 64.0 Å². The minimum atomic E-state index is -0.382. The summed E-state index contributed by atoms with van der Waals surface area (Å²) in [5, 5.41) is 0. The van der Waals surface area contributed by atoms with E-state index in [0.717, 1.165) is 10.0 Å². The van der Waals surface area contributed by atoms with Crippen molar-refractivity contribution in [2.45, 2.75) is 0 Å². The number of halogens is 1. The molecular formula is C21H21BrN2O5. The van der Waals surface area contributed by atoms with E-state index in [1.807, 2.05) is 12.1 Å². The molecule has 1 aliphatic heterocycles. The Bertz CT molecular complexity index is 892. The Morgan fingerprint density at radius 1 is 1.17 bits per heavy atom. The molecule has 0 atom stereocenters. The van der Waals surface area contributed by atoms with Crippen LogP contribution in [0.1, 0.15) is 15.9 Å². The lowest BCUT2D eigenvalue weighted by Crippen LogP contribution is -2.43. The van der Waals surface area contributed by atoms with Gasteiger partial charge in [0.05, 0.1) is 36.0 Å². The van der Waals surface area contributed by atoms with Gasteiger partial charge in [0, 0.05) is 19.3 Å². The van der Waals surface area contributed by atoms with Crippen molar-refractivity contribution < 1.29 is 23.8 Å². The molecule has 2 aromatic carbocycles. The predicted molar refractivity (Wildman–Crippen MR) is 112 cm³/mol. The maximum absolute atomic E-state index is 12.2. The topological polar surface area (TPSA) is 77.4 Å². The van der Waals surface area contributed by atoms with Crippen molar-refractivity contribution in [1.29, 1.82) is 0 Å². The maximum atomic E-state index is 12.2. The zero-order valence-electron chi connectivity index (χ0n) is 16.0. The van der Waals surface area contributed by atoms with Gasteiger partial charge in [0.1, 0.15) is 5.75 Å². The zero-order valence-corrected chi connectivity index (χ0v) is 17.6. The van der Waals surface area contributed by atoms with E-state index >= 15 is 0 Å². The molecule has 1 amide bonds. The molecule has 0 aliphatic carbocycles.